The second-order valence-electron chi connectivity index (χ2n) is 4.87. The zero-order valence-corrected chi connectivity index (χ0v) is 11.2. The number of aromatic nitrogens is 5. The van der Waals surface area contributed by atoms with E-state index in [0.29, 0.717) is 16.6 Å². The number of benzene rings is 2. The fourth-order valence-corrected chi connectivity index (χ4v) is 2.67. The highest BCUT2D eigenvalue weighted by molar-refractivity contribution is 5.94. The van der Waals surface area contributed by atoms with Gasteiger partial charge in [-0.2, -0.15) is 5.21 Å². The molecule has 0 bridgehead atoms. The zero-order chi connectivity index (χ0) is 14.4. The van der Waals surface area contributed by atoms with E-state index < -0.39 is 0 Å². The van der Waals surface area contributed by atoms with Crippen LogP contribution in [0, 0.1) is 0 Å². The third kappa shape index (κ3) is 1.66. The first-order chi connectivity index (χ1) is 10.3. The number of tetrazole rings is 1. The molecule has 0 aliphatic rings. The van der Waals surface area contributed by atoms with Gasteiger partial charge in [-0.1, -0.05) is 12.1 Å². The number of nitrogens with zero attached hydrogens (tertiary/aromatic N) is 4. The van der Waals surface area contributed by atoms with Crippen LogP contribution in [-0.2, 0) is 7.05 Å². The predicted octanol–water partition coefficient (Wildman–Crippen LogP) is 1.87. The lowest BCUT2D eigenvalue weighted by atomic mass is 10.1. The number of nitrogens with one attached hydrogen (secondary N) is 1. The summed E-state index contributed by atoms with van der Waals surface area (Å²) >= 11 is 0. The molecule has 0 spiro atoms. The summed E-state index contributed by atoms with van der Waals surface area (Å²) in [6.07, 6.45) is 0. The molecule has 0 amide bonds. The van der Waals surface area contributed by atoms with Crippen molar-refractivity contribution in [3.05, 3.63) is 52.7 Å². The first-order valence-electron chi connectivity index (χ1n) is 6.51. The molecule has 4 aromatic rings. The van der Waals surface area contributed by atoms with Crippen LogP contribution in [-0.4, -0.2) is 25.2 Å². The van der Waals surface area contributed by atoms with Gasteiger partial charge in [0.1, 0.15) is 0 Å². The van der Waals surface area contributed by atoms with Crippen LogP contribution in [0.25, 0.3) is 33.2 Å². The minimum Gasteiger partial charge on any atom is -0.343 e. The summed E-state index contributed by atoms with van der Waals surface area (Å²) in [5.41, 5.74) is 2.58. The molecular formula is C15H11N5O. The van der Waals surface area contributed by atoms with Gasteiger partial charge in [-0.15, -0.1) is 10.2 Å². The molecule has 0 radical (unpaired) electrons. The van der Waals surface area contributed by atoms with E-state index in [1.165, 1.54) is 0 Å². The van der Waals surface area contributed by atoms with Crippen molar-refractivity contribution in [2.45, 2.75) is 0 Å². The Morgan fingerprint density at radius 1 is 1.05 bits per heavy atom. The lowest BCUT2D eigenvalue weighted by Gasteiger charge is -2.10. The lowest BCUT2D eigenvalue weighted by Crippen LogP contribution is -2.09. The minimum atomic E-state index is 0.0176. The van der Waals surface area contributed by atoms with E-state index in [9.17, 15) is 4.79 Å². The summed E-state index contributed by atoms with van der Waals surface area (Å²) in [6.45, 7) is 0. The van der Waals surface area contributed by atoms with Crippen molar-refractivity contribution >= 4 is 21.8 Å². The van der Waals surface area contributed by atoms with Gasteiger partial charge in [0.15, 0.2) is 5.43 Å². The molecule has 0 aliphatic carbocycles. The molecule has 2 aromatic heterocycles. The second kappa shape index (κ2) is 4.24. The van der Waals surface area contributed by atoms with Crippen LogP contribution in [0.5, 0.6) is 0 Å². The largest absolute Gasteiger partial charge is 0.343 e. The summed E-state index contributed by atoms with van der Waals surface area (Å²) in [7, 11) is 1.96. The first kappa shape index (κ1) is 11.8. The number of aromatic amines is 1. The van der Waals surface area contributed by atoms with E-state index >= 15 is 0 Å². The van der Waals surface area contributed by atoms with Gasteiger partial charge in [-0.05, 0) is 35.5 Å². The van der Waals surface area contributed by atoms with E-state index in [1.807, 2.05) is 54.1 Å². The van der Waals surface area contributed by atoms with Crippen LogP contribution in [0.3, 0.4) is 0 Å². The number of rotatable bonds is 1. The van der Waals surface area contributed by atoms with Crippen molar-refractivity contribution in [2.75, 3.05) is 0 Å². The molecule has 102 valence electrons. The molecule has 0 atom stereocenters. The molecular weight excluding hydrogens is 266 g/mol. The predicted molar refractivity (Wildman–Crippen MR) is 79.9 cm³/mol. The Morgan fingerprint density at radius 3 is 2.67 bits per heavy atom. The summed E-state index contributed by atoms with van der Waals surface area (Å²) in [5.74, 6) is 0.479. The number of aryl methyl sites for hydroxylation is 1. The van der Waals surface area contributed by atoms with Crippen molar-refractivity contribution in [1.82, 2.24) is 25.2 Å². The Bertz CT molecular complexity index is 1020. The third-order valence-corrected chi connectivity index (χ3v) is 3.72. The van der Waals surface area contributed by atoms with E-state index in [1.54, 1.807) is 0 Å². The van der Waals surface area contributed by atoms with E-state index in [4.69, 9.17) is 0 Å². The Morgan fingerprint density at radius 2 is 1.86 bits per heavy atom. The van der Waals surface area contributed by atoms with E-state index in [-0.39, 0.29) is 5.43 Å². The van der Waals surface area contributed by atoms with Gasteiger partial charge in [-0.3, -0.25) is 4.79 Å². The normalized spacial score (nSPS) is 11.3. The first-order valence-corrected chi connectivity index (χ1v) is 6.51. The fourth-order valence-electron chi connectivity index (χ4n) is 2.67. The number of pyridine rings is 1. The Hall–Kier alpha value is -3.02. The minimum absolute atomic E-state index is 0.0176. The molecule has 0 saturated heterocycles. The summed E-state index contributed by atoms with van der Waals surface area (Å²) < 4.78 is 2.02. The maximum atomic E-state index is 12.7. The molecule has 2 heterocycles. The Balaban J connectivity index is 2.15. The standard InChI is InChI=1S/C15H11N5O/c1-20-12-5-3-2-4-10(12)14(21)11-8-9(6-7-13(11)20)15-16-18-19-17-15/h2-8H,1H3,(H,16,17,18,19). The molecule has 21 heavy (non-hydrogen) atoms. The molecule has 6 nitrogen and oxygen atoms in total. The molecule has 0 saturated carbocycles. The maximum absolute atomic E-state index is 12.7. The molecule has 0 fully saturated rings. The molecule has 6 heteroatoms. The average Bonchev–Trinajstić information content (AvgIpc) is 3.06. The Kier molecular flexibility index (Phi) is 2.38. The number of para-hydroxylation sites is 1. The van der Waals surface area contributed by atoms with Gasteiger partial charge < -0.3 is 4.57 Å². The van der Waals surface area contributed by atoms with Gasteiger partial charge in [-0.25, -0.2) is 0 Å². The fraction of sp³-hybridized carbons (Fsp3) is 0.0667. The Labute approximate surface area is 119 Å². The van der Waals surface area contributed by atoms with Gasteiger partial charge in [0.25, 0.3) is 0 Å². The van der Waals surface area contributed by atoms with Crippen LogP contribution in [0.4, 0.5) is 0 Å². The molecule has 2 aromatic carbocycles. The quantitative estimate of drug-likeness (QED) is 0.539. The molecule has 4 rings (SSSR count). The van der Waals surface area contributed by atoms with Gasteiger partial charge in [0.05, 0.1) is 11.0 Å². The molecule has 1 N–H and O–H groups in total. The van der Waals surface area contributed by atoms with Crippen LogP contribution in [0.2, 0.25) is 0 Å². The highest BCUT2D eigenvalue weighted by Crippen LogP contribution is 2.22. The zero-order valence-electron chi connectivity index (χ0n) is 11.2. The summed E-state index contributed by atoms with van der Waals surface area (Å²) in [4.78, 5) is 12.7. The average molecular weight is 277 g/mol. The number of H-pyrrole nitrogens is 1. The smallest absolute Gasteiger partial charge is 0.204 e. The van der Waals surface area contributed by atoms with Crippen molar-refractivity contribution < 1.29 is 0 Å². The molecule has 0 unspecified atom stereocenters. The topological polar surface area (TPSA) is 76.5 Å². The van der Waals surface area contributed by atoms with Gasteiger partial charge >= 0.3 is 0 Å². The SMILES string of the molecule is Cn1c2ccccc2c(=O)c2cc(-c3nn[nH]n3)ccc21. The van der Waals surface area contributed by atoms with Crippen molar-refractivity contribution in [1.29, 1.82) is 0 Å². The van der Waals surface area contributed by atoms with E-state index in [2.05, 4.69) is 20.6 Å². The van der Waals surface area contributed by atoms with Crippen LogP contribution >= 0.6 is 0 Å². The van der Waals surface area contributed by atoms with Crippen LogP contribution < -0.4 is 5.43 Å². The van der Waals surface area contributed by atoms with Gasteiger partial charge in [0.2, 0.25) is 5.82 Å². The van der Waals surface area contributed by atoms with Crippen LogP contribution in [0.15, 0.2) is 47.3 Å². The summed E-state index contributed by atoms with van der Waals surface area (Å²) in [5, 5.41) is 15.2. The van der Waals surface area contributed by atoms with E-state index in [0.717, 1.165) is 16.6 Å². The van der Waals surface area contributed by atoms with Crippen LogP contribution in [0.1, 0.15) is 0 Å². The van der Waals surface area contributed by atoms with Crippen molar-refractivity contribution in [2.24, 2.45) is 7.05 Å². The van der Waals surface area contributed by atoms with Gasteiger partial charge in [0, 0.05) is 23.4 Å². The number of hydrogen-bond acceptors (Lipinski definition) is 4. The second-order valence-corrected chi connectivity index (χ2v) is 4.87. The number of fused-ring (bicyclic) bond motifs is 2. The van der Waals surface area contributed by atoms with Crippen molar-refractivity contribution in [3.63, 3.8) is 0 Å². The lowest BCUT2D eigenvalue weighted by molar-refractivity contribution is 0.881. The maximum Gasteiger partial charge on any atom is 0.204 e. The molecule has 0 aliphatic heterocycles. The highest BCUT2D eigenvalue weighted by atomic mass is 16.1. The highest BCUT2D eigenvalue weighted by Gasteiger charge is 2.11. The monoisotopic (exact) mass is 277 g/mol. The third-order valence-electron chi connectivity index (χ3n) is 3.72. The van der Waals surface area contributed by atoms with Crippen molar-refractivity contribution in [3.8, 4) is 11.4 Å². The summed E-state index contributed by atoms with van der Waals surface area (Å²) in [6, 6.07) is 13.2. The number of hydrogen-bond donors (Lipinski definition) is 1.